The van der Waals surface area contributed by atoms with Crippen molar-refractivity contribution >= 4 is 70.6 Å². The molecule has 23 heteroatoms. The van der Waals surface area contributed by atoms with Crippen molar-refractivity contribution in [1.29, 1.82) is 0 Å². The van der Waals surface area contributed by atoms with Crippen LogP contribution in [0.15, 0.2) is 117 Å². The van der Waals surface area contributed by atoms with Gasteiger partial charge in [0.15, 0.2) is 0 Å². The summed E-state index contributed by atoms with van der Waals surface area (Å²) in [5.74, 6) is -1.12. The summed E-state index contributed by atoms with van der Waals surface area (Å²) in [5.41, 5.74) is 2.07. The average molecular weight is 948 g/mol. The maximum Gasteiger partial charge on any atom is 0.256 e. The minimum Gasteiger partial charge on any atom is -0.744 e. The van der Waals surface area contributed by atoms with Gasteiger partial charge in [0.05, 0.1) is 44.3 Å². The van der Waals surface area contributed by atoms with E-state index in [1.165, 1.54) is 27.6 Å². The van der Waals surface area contributed by atoms with Gasteiger partial charge >= 0.3 is 0 Å². The van der Waals surface area contributed by atoms with Crippen molar-refractivity contribution in [3.05, 3.63) is 108 Å². The van der Waals surface area contributed by atoms with Crippen LogP contribution in [-0.4, -0.2) is 65.2 Å². The summed E-state index contributed by atoms with van der Waals surface area (Å²) in [7, 11) is -4.78. The van der Waals surface area contributed by atoms with E-state index in [2.05, 4.69) is 51.1 Å². The zero-order chi connectivity index (χ0) is 35.7. The van der Waals surface area contributed by atoms with E-state index in [9.17, 15) is 27.8 Å². The van der Waals surface area contributed by atoms with Gasteiger partial charge in [0.2, 0.25) is 0 Å². The van der Waals surface area contributed by atoms with Gasteiger partial charge in [-0.1, -0.05) is 36.4 Å². The molecule has 6 rings (SSSR count). The number of amides is 2. The van der Waals surface area contributed by atoms with E-state index in [-0.39, 0.29) is 44.2 Å². The molecule has 4 aromatic carbocycles. The molecule has 0 aliphatic rings. The van der Waals surface area contributed by atoms with Gasteiger partial charge < -0.3 is 45.7 Å². The monoisotopic (exact) mass is 947 g/mol. The van der Waals surface area contributed by atoms with Crippen molar-refractivity contribution in [1.82, 2.24) is 40.4 Å². The molecule has 1 radical (unpaired) electrons. The first kappa shape index (κ1) is 39.1. The fraction of sp³-hybridized carbons (Fsp3) is 0. The van der Waals surface area contributed by atoms with Crippen LogP contribution in [0, 0.1) is 0 Å². The molecule has 2 N–H and O–H groups in total. The van der Waals surface area contributed by atoms with Crippen LogP contribution in [0.4, 0.5) is 11.4 Å². The fourth-order valence-electron chi connectivity index (χ4n) is 4.16. The summed E-state index contributed by atoms with van der Waals surface area (Å²) in [4.78, 5) is 24.7. The molecular weight excluding hydrogens is 930 g/mol. The van der Waals surface area contributed by atoms with E-state index in [1.54, 1.807) is 72.8 Å². The maximum absolute atomic E-state index is 12.5. The van der Waals surface area contributed by atoms with Crippen molar-refractivity contribution in [2.45, 2.75) is 20.1 Å². The number of nitrogens with zero attached hydrogens (tertiary/aromatic N) is 8. The van der Waals surface area contributed by atoms with Crippen LogP contribution in [0.5, 0.6) is 0 Å². The first-order valence-corrected chi connectivity index (χ1v) is 16.5. The molecule has 6 aromatic rings. The van der Waals surface area contributed by atoms with Crippen LogP contribution < -0.4 is 15.9 Å². The molecule has 2 amide bonds. The van der Waals surface area contributed by atoms with Crippen molar-refractivity contribution in [3.63, 3.8) is 0 Å². The van der Waals surface area contributed by atoms with E-state index in [0.29, 0.717) is 45.3 Å². The molecule has 0 spiro atoms. The number of tetrazole rings is 2. The summed E-state index contributed by atoms with van der Waals surface area (Å²) in [6.07, 6.45) is 0. The van der Waals surface area contributed by atoms with Crippen LogP contribution >= 0.6 is 12.0 Å². The predicted octanol–water partition coefficient (Wildman–Crippen LogP) is 1.77. The summed E-state index contributed by atoms with van der Waals surface area (Å²) >= 11 is 10.6. The minimum absolute atomic E-state index is 0. The first-order valence-electron chi connectivity index (χ1n) is 13.6. The van der Waals surface area contributed by atoms with Crippen LogP contribution in [0.2, 0.25) is 0 Å². The van der Waals surface area contributed by atoms with Gasteiger partial charge in [-0.05, 0) is 81.5 Å². The van der Waals surface area contributed by atoms with E-state index < -0.39 is 20.9 Å². The molecule has 0 atom stereocenters. The zero-order valence-corrected chi connectivity index (χ0v) is 30.4. The van der Waals surface area contributed by atoms with E-state index in [4.69, 9.17) is 25.3 Å². The Morgan fingerprint density at radius 3 is 1.71 bits per heavy atom. The van der Waals surface area contributed by atoms with Crippen molar-refractivity contribution in [2.24, 2.45) is 0 Å². The quantitative estimate of drug-likeness (QED) is 0.0496. The smallest absolute Gasteiger partial charge is 0.256 e. The molecule has 18 nitrogen and oxygen atoms in total. The Balaban J connectivity index is 0.000000224. The van der Waals surface area contributed by atoms with Gasteiger partial charge in [0.1, 0.15) is 10.1 Å². The van der Waals surface area contributed by atoms with Gasteiger partial charge in [-0.2, -0.15) is 4.33 Å². The number of carbonyl (C=O) groups is 2. The molecule has 2 aromatic heterocycles. The van der Waals surface area contributed by atoms with E-state index in [1.807, 2.05) is 0 Å². The SMILES string of the molecule is O=C(Nc1cccc(-n2nnnc2[S-])c1)c1ccccc1S(=O)(=O)[O-].O=C(Nc1cccc(-n2nnnc2[S-])c1)c1ccccc1SOO[O-].[Au]. The van der Waals surface area contributed by atoms with Gasteiger partial charge in [0, 0.05) is 44.1 Å². The third kappa shape index (κ3) is 10.2. The standard InChI is InChI=1S/2C14H11N5O4S2.Au/c20-13(11-6-1-2-7-12(11)25(21,22)23)15-9-4-3-5-10(8-9)19-14(24)16-17-18-19;20-13(11-6-1-2-7-12(11)25-23-22-21)15-9-4-3-5-10(8-9)19-14(24)16-17-18-19;/h1-8H,(H,15,20)(H,16,18,24)(H,21,22,23);1-8,21H,(H,15,20)(H,16,18,24);/p-4. The van der Waals surface area contributed by atoms with Crippen molar-refractivity contribution in [3.8, 4) is 11.4 Å². The topological polar surface area (TPSA) is 244 Å². The molecule has 2 heterocycles. The summed E-state index contributed by atoms with van der Waals surface area (Å²) < 4.78 is 40.8. The number of carbonyl (C=O) groups excluding carboxylic acids is 2. The number of hydrogen-bond acceptors (Lipinski definition) is 17. The molecule has 0 aliphatic heterocycles. The Bertz CT molecular complexity index is 2260. The molecule has 0 bridgehead atoms. The molecule has 0 fully saturated rings. The zero-order valence-electron chi connectivity index (χ0n) is 25.0. The number of anilines is 2. The Kier molecular flexibility index (Phi) is 13.8. The maximum atomic E-state index is 12.5. The summed E-state index contributed by atoms with van der Waals surface area (Å²) in [5, 5.41) is 40.6. The van der Waals surface area contributed by atoms with Crippen molar-refractivity contribution < 1.29 is 59.6 Å². The Morgan fingerprint density at radius 1 is 0.725 bits per heavy atom. The Labute approximate surface area is 319 Å². The second-order valence-corrected chi connectivity index (χ2v) is 12.2. The molecule has 0 saturated heterocycles. The predicted molar refractivity (Wildman–Crippen MR) is 174 cm³/mol. The number of aromatic nitrogens is 8. The van der Waals surface area contributed by atoms with Crippen LogP contribution in [0.3, 0.4) is 0 Å². The molecule has 0 aliphatic carbocycles. The number of hydrogen-bond donors (Lipinski definition) is 2. The van der Waals surface area contributed by atoms with Crippen LogP contribution in [0.1, 0.15) is 20.7 Å². The van der Waals surface area contributed by atoms with E-state index >= 15 is 0 Å². The number of benzene rings is 4. The van der Waals surface area contributed by atoms with Gasteiger partial charge in [0.25, 0.3) is 11.8 Å². The van der Waals surface area contributed by atoms with Crippen LogP contribution in [-0.2, 0) is 67.1 Å². The fourth-order valence-corrected chi connectivity index (χ4v) is 5.68. The molecule has 267 valence electrons. The second-order valence-electron chi connectivity index (χ2n) is 9.42. The summed E-state index contributed by atoms with van der Waals surface area (Å²) in [6, 6.07) is 25.1. The third-order valence-corrected chi connectivity index (χ3v) is 8.33. The first-order chi connectivity index (χ1) is 24.0. The van der Waals surface area contributed by atoms with E-state index in [0.717, 1.165) is 6.07 Å². The number of nitrogens with one attached hydrogen (secondary N) is 2. The second kappa shape index (κ2) is 18.0. The minimum atomic E-state index is -4.78. The molecular formula is C28H18AuN10O8S4-4. The third-order valence-electron chi connectivity index (χ3n) is 6.26. The Hall–Kier alpha value is -4.72. The molecule has 51 heavy (non-hydrogen) atoms. The van der Waals surface area contributed by atoms with Crippen LogP contribution in [0.25, 0.3) is 11.4 Å². The van der Waals surface area contributed by atoms with Crippen molar-refractivity contribution in [2.75, 3.05) is 10.6 Å². The Morgan fingerprint density at radius 2 is 1.22 bits per heavy atom. The largest absolute Gasteiger partial charge is 0.744 e. The summed E-state index contributed by atoms with van der Waals surface area (Å²) in [6.45, 7) is 0. The number of rotatable bonds is 10. The van der Waals surface area contributed by atoms with Gasteiger partial charge in [-0.3, -0.25) is 14.6 Å². The van der Waals surface area contributed by atoms with Gasteiger partial charge in [-0.15, -0.1) is 10.2 Å². The van der Waals surface area contributed by atoms with Gasteiger partial charge in [-0.25, -0.2) is 17.8 Å². The average Bonchev–Trinajstić information content (AvgIpc) is 3.75. The normalized spacial score (nSPS) is 10.7. The molecule has 0 saturated carbocycles. The molecule has 0 unspecified atom stereocenters.